The molecule has 0 fully saturated rings. The molecule has 1 aliphatic heterocycles. The summed E-state index contributed by atoms with van der Waals surface area (Å²) >= 11 is 3.23. The molecule has 0 amide bonds. The van der Waals surface area contributed by atoms with Crippen molar-refractivity contribution in [3.8, 4) is 0 Å². The minimum atomic E-state index is -2.87. The molecule has 2 aliphatic rings. The molecule has 0 spiro atoms. The number of nitrogens with zero attached hydrogens (tertiary/aromatic N) is 2. The highest BCUT2D eigenvalue weighted by Gasteiger charge is 2.43. The van der Waals surface area contributed by atoms with Crippen LogP contribution >= 0.6 is 15.9 Å². The molecule has 1 aliphatic carbocycles. The van der Waals surface area contributed by atoms with E-state index in [-0.39, 0.29) is 11.7 Å². The van der Waals surface area contributed by atoms with Crippen LogP contribution in [-0.2, 0) is 6.42 Å². The van der Waals surface area contributed by atoms with E-state index in [2.05, 4.69) is 33.0 Å². The van der Waals surface area contributed by atoms with E-state index >= 15 is 0 Å². The highest BCUT2D eigenvalue weighted by Crippen LogP contribution is 2.49. The van der Waals surface area contributed by atoms with Crippen LogP contribution in [-0.4, -0.2) is 28.4 Å². The summed E-state index contributed by atoms with van der Waals surface area (Å²) in [6.07, 6.45) is 2.85. The topological polar surface area (TPSA) is 16.1 Å². The lowest BCUT2D eigenvalue weighted by Crippen LogP contribution is -2.46. The molecule has 0 N–H and O–H groups in total. The molecule has 0 radical (unpaired) electrons. The van der Waals surface area contributed by atoms with Crippen molar-refractivity contribution in [3.63, 3.8) is 0 Å². The van der Waals surface area contributed by atoms with Gasteiger partial charge >= 0.3 is 0 Å². The third-order valence-electron chi connectivity index (χ3n) is 5.39. The second-order valence-electron chi connectivity index (χ2n) is 7.56. The molecule has 1 aromatic heterocycles. The number of hydrogen-bond donors (Lipinski definition) is 0. The Morgan fingerprint density at radius 2 is 2.04 bits per heavy atom. The summed E-state index contributed by atoms with van der Waals surface area (Å²) in [5.74, 6) is -3.35. The first kappa shape index (κ1) is 18.7. The average molecular weight is 437 g/mol. The van der Waals surface area contributed by atoms with E-state index in [0.717, 1.165) is 23.6 Å². The van der Waals surface area contributed by atoms with Crippen LogP contribution in [0.5, 0.6) is 0 Å². The normalized spacial score (nSPS) is 22.7. The number of aromatic nitrogens is 1. The van der Waals surface area contributed by atoms with Crippen molar-refractivity contribution in [1.29, 1.82) is 0 Å². The minimum Gasteiger partial charge on any atom is -0.282 e. The number of pyridine rings is 1. The quantitative estimate of drug-likeness (QED) is 0.605. The molecule has 2 nitrogen and oxygen atoms in total. The minimum absolute atomic E-state index is 0.143. The lowest BCUT2D eigenvalue weighted by Gasteiger charge is -2.42. The van der Waals surface area contributed by atoms with Crippen LogP contribution in [0.15, 0.2) is 46.6 Å². The number of rotatable bonds is 3. The first-order valence-electron chi connectivity index (χ1n) is 8.99. The van der Waals surface area contributed by atoms with E-state index < -0.39 is 24.3 Å². The molecule has 4 rings (SSSR count). The first-order valence-corrected chi connectivity index (χ1v) is 9.78. The highest BCUT2D eigenvalue weighted by atomic mass is 79.9. The van der Waals surface area contributed by atoms with Gasteiger partial charge in [-0.05, 0) is 64.0 Å². The van der Waals surface area contributed by atoms with Gasteiger partial charge in [0.15, 0.2) is 0 Å². The number of benzene rings is 1. The average Bonchev–Trinajstić information content (AvgIpc) is 2.93. The molecular weight excluding hydrogens is 417 g/mol. The molecule has 0 saturated carbocycles. The van der Waals surface area contributed by atoms with Crippen LogP contribution in [0.25, 0.3) is 5.57 Å². The van der Waals surface area contributed by atoms with Crippen LogP contribution in [0.2, 0.25) is 0 Å². The van der Waals surface area contributed by atoms with Crippen molar-refractivity contribution < 1.29 is 13.2 Å². The fourth-order valence-corrected chi connectivity index (χ4v) is 4.64. The molecule has 6 heteroatoms. The van der Waals surface area contributed by atoms with Gasteiger partial charge in [0, 0.05) is 23.6 Å². The Bertz CT molecular complexity index is 920. The third kappa shape index (κ3) is 3.45. The van der Waals surface area contributed by atoms with Crippen LogP contribution in [0.3, 0.4) is 0 Å². The summed E-state index contributed by atoms with van der Waals surface area (Å²) in [5, 5.41) is 0. The Morgan fingerprint density at radius 3 is 2.74 bits per heavy atom. The summed E-state index contributed by atoms with van der Waals surface area (Å²) in [7, 11) is 0. The summed E-state index contributed by atoms with van der Waals surface area (Å²) in [4.78, 5) is 6.01. The molecular formula is C21H20BrF3N2. The van der Waals surface area contributed by atoms with Gasteiger partial charge in [-0.2, -0.15) is 0 Å². The molecule has 0 unspecified atom stereocenters. The van der Waals surface area contributed by atoms with Crippen molar-refractivity contribution in [2.75, 3.05) is 6.54 Å². The van der Waals surface area contributed by atoms with Gasteiger partial charge < -0.3 is 0 Å². The van der Waals surface area contributed by atoms with Crippen molar-refractivity contribution in [2.24, 2.45) is 0 Å². The lowest BCUT2D eigenvalue weighted by atomic mass is 9.86. The molecule has 2 aromatic rings. The predicted molar refractivity (Wildman–Crippen MR) is 103 cm³/mol. The van der Waals surface area contributed by atoms with E-state index in [0.29, 0.717) is 17.3 Å². The zero-order chi connectivity index (χ0) is 19.3. The Labute approximate surface area is 165 Å². The maximum Gasteiger partial charge on any atom is 0.257 e. The zero-order valence-electron chi connectivity index (χ0n) is 15.1. The van der Waals surface area contributed by atoms with Gasteiger partial charge in [0.1, 0.15) is 5.82 Å². The Morgan fingerprint density at radius 1 is 1.30 bits per heavy atom. The Balaban J connectivity index is 1.86. The van der Waals surface area contributed by atoms with Gasteiger partial charge in [-0.15, -0.1) is 0 Å². The van der Waals surface area contributed by atoms with Gasteiger partial charge in [-0.1, -0.05) is 24.3 Å². The number of hydrogen-bond acceptors (Lipinski definition) is 2. The van der Waals surface area contributed by atoms with Crippen LogP contribution in [0, 0.1) is 5.82 Å². The van der Waals surface area contributed by atoms with Crippen molar-refractivity contribution in [3.05, 3.63) is 69.2 Å². The Hall–Kier alpha value is -1.66. The molecule has 142 valence electrons. The van der Waals surface area contributed by atoms with Crippen LogP contribution in [0.1, 0.15) is 43.1 Å². The molecule has 1 aromatic carbocycles. The fourth-order valence-electron chi connectivity index (χ4n) is 4.34. The third-order valence-corrected chi connectivity index (χ3v) is 5.83. The van der Waals surface area contributed by atoms with E-state index in [1.165, 1.54) is 17.8 Å². The van der Waals surface area contributed by atoms with E-state index in [9.17, 15) is 13.2 Å². The molecule has 0 saturated heterocycles. The van der Waals surface area contributed by atoms with Crippen LogP contribution < -0.4 is 0 Å². The van der Waals surface area contributed by atoms with Crippen molar-refractivity contribution in [1.82, 2.24) is 9.88 Å². The number of halogens is 4. The van der Waals surface area contributed by atoms with Crippen LogP contribution in [0.4, 0.5) is 13.2 Å². The summed E-state index contributed by atoms with van der Waals surface area (Å²) in [6.45, 7) is 2.42. The summed E-state index contributed by atoms with van der Waals surface area (Å²) in [6, 6.07) is 8.71. The van der Waals surface area contributed by atoms with Gasteiger partial charge in [-0.25, -0.2) is 13.2 Å². The summed E-state index contributed by atoms with van der Waals surface area (Å²) in [5.41, 5.74) is 4.69. The van der Waals surface area contributed by atoms with Crippen molar-refractivity contribution in [2.45, 2.75) is 44.7 Å². The van der Waals surface area contributed by atoms with Gasteiger partial charge in [0.25, 0.3) is 5.92 Å². The predicted octanol–water partition coefficient (Wildman–Crippen LogP) is 5.78. The zero-order valence-corrected chi connectivity index (χ0v) is 16.7. The van der Waals surface area contributed by atoms with Crippen molar-refractivity contribution >= 4 is 21.5 Å². The fraction of sp³-hybridized carbons (Fsp3) is 0.381. The molecule has 27 heavy (non-hydrogen) atoms. The number of alkyl halides is 2. The first-order chi connectivity index (χ1) is 12.7. The maximum absolute atomic E-state index is 14.8. The van der Waals surface area contributed by atoms with E-state index in [1.54, 1.807) is 4.90 Å². The van der Waals surface area contributed by atoms with Gasteiger partial charge in [0.05, 0.1) is 18.3 Å². The largest absolute Gasteiger partial charge is 0.282 e. The SMILES string of the molecule is C[C@@H]1CC2=C(Cc3ccccc32)[C@@H](c2ncc(Br)cc2F)N1CC(C)(F)F. The second kappa shape index (κ2) is 6.74. The van der Waals surface area contributed by atoms with Gasteiger partial charge in [-0.3, -0.25) is 9.88 Å². The Kier molecular flexibility index (Phi) is 4.67. The lowest BCUT2D eigenvalue weighted by molar-refractivity contribution is -0.0363. The second-order valence-corrected chi connectivity index (χ2v) is 8.47. The molecule has 2 heterocycles. The standard InChI is InChI=1S/C21H20BrF3N2/c1-12-7-16-15-6-4-3-5-13(15)8-17(16)20(27(12)11-21(2,24)25)19-18(23)9-14(22)10-26-19/h3-6,9-10,12,20H,7-8,11H2,1-2H3/t12-,20+/m1/s1. The van der Waals surface area contributed by atoms with E-state index in [4.69, 9.17) is 0 Å². The molecule has 2 atom stereocenters. The van der Waals surface area contributed by atoms with E-state index in [1.807, 2.05) is 19.1 Å². The highest BCUT2D eigenvalue weighted by molar-refractivity contribution is 9.10. The number of fused-ring (bicyclic) bond motifs is 2. The maximum atomic E-state index is 14.8. The summed E-state index contributed by atoms with van der Waals surface area (Å²) < 4.78 is 43.3. The smallest absolute Gasteiger partial charge is 0.257 e. The molecule has 0 bridgehead atoms. The van der Waals surface area contributed by atoms with Gasteiger partial charge in [0.2, 0.25) is 0 Å². The monoisotopic (exact) mass is 436 g/mol.